The van der Waals surface area contributed by atoms with Crippen LogP contribution in [0.2, 0.25) is 0 Å². The van der Waals surface area contributed by atoms with Crippen LogP contribution in [0.1, 0.15) is 31.7 Å². The molecule has 1 atom stereocenters. The van der Waals surface area contributed by atoms with Gasteiger partial charge in [-0.3, -0.25) is 10.1 Å². The topological polar surface area (TPSA) is 53.6 Å². The van der Waals surface area contributed by atoms with E-state index in [0.717, 1.165) is 23.7 Å². The van der Waals surface area contributed by atoms with Crippen molar-refractivity contribution < 1.29 is 0 Å². The summed E-state index contributed by atoms with van der Waals surface area (Å²) in [5.41, 5.74) is 3.37. The molecule has 19 heavy (non-hydrogen) atoms. The number of hydrogen-bond acceptors (Lipinski definition) is 3. The number of nitrogens with one attached hydrogen (secondary N) is 2. The van der Waals surface area contributed by atoms with Gasteiger partial charge in [-0.05, 0) is 37.8 Å². The van der Waals surface area contributed by atoms with Gasteiger partial charge in [0.15, 0.2) is 0 Å². The van der Waals surface area contributed by atoms with Gasteiger partial charge in [0, 0.05) is 36.1 Å². The van der Waals surface area contributed by atoms with Crippen molar-refractivity contribution in [1.82, 2.24) is 20.5 Å². The zero-order valence-electron chi connectivity index (χ0n) is 11.3. The van der Waals surface area contributed by atoms with Crippen molar-refractivity contribution in [1.29, 1.82) is 0 Å². The highest BCUT2D eigenvalue weighted by Crippen LogP contribution is 2.29. The Hall–Kier alpha value is -1.68. The van der Waals surface area contributed by atoms with Crippen LogP contribution in [0.15, 0.2) is 30.7 Å². The molecule has 4 heteroatoms. The quantitative estimate of drug-likeness (QED) is 0.865. The van der Waals surface area contributed by atoms with Gasteiger partial charge in [-0.1, -0.05) is 6.42 Å². The van der Waals surface area contributed by atoms with E-state index < -0.39 is 0 Å². The lowest BCUT2D eigenvalue weighted by molar-refractivity contribution is 0.240. The minimum absolute atomic E-state index is 0.588. The van der Waals surface area contributed by atoms with Crippen molar-refractivity contribution in [2.75, 3.05) is 0 Å². The highest BCUT2D eigenvalue weighted by Gasteiger charge is 2.23. The second kappa shape index (κ2) is 5.53. The van der Waals surface area contributed by atoms with Crippen LogP contribution in [0.25, 0.3) is 11.3 Å². The van der Waals surface area contributed by atoms with Crippen LogP contribution in [0, 0.1) is 5.92 Å². The maximum Gasteiger partial charge on any atom is 0.0710 e. The van der Waals surface area contributed by atoms with Gasteiger partial charge in [0.05, 0.1) is 11.9 Å². The molecule has 4 nitrogen and oxygen atoms in total. The number of hydrogen-bond donors (Lipinski definition) is 2. The minimum atomic E-state index is 0.588. The Morgan fingerprint density at radius 1 is 1.42 bits per heavy atom. The molecule has 0 radical (unpaired) electrons. The fourth-order valence-electron chi connectivity index (χ4n) is 2.58. The van der Waals surface area contributed by atoms with Gasteiger partial charge in [0.1, 0.15) is 0 Å². The van der Waals surface area contributed by atoms with E-state index in [-0.39, 0.29) is 0 Å². The molecule has 0 aliphatic heterocycles. The van der Waals surface area contributed by atoms with E-state index in [1.807, 2.05) is 18.5 Å². The largest absolute Gasteiger partial charge is 0.310 e. The predicted octanol–water partition coefficient (Wildman–Crippen LogP) is 2.75. The summed E-state index contributed by atoms with van der Waals surface area (Å²) >= 11 is 0. The monoisotopic (exact) mass is 256 g/mol. The number of H-pyrrole nitrogens is 1. The third kappa shape index (κ3) is 2.68. The first-order valence-electron chi connectivity index (χ1n) is 7.00. The molecule has 3 rings (SSSR count). The molecule has 2 aromatic heterocycles. The Kier molecular flexibility index (Phi) is 3.60. The summed E-state index contributed by atoms with van der Waals surface area (Å²) in [7, 11) is 0. The molecular formula is C15H20N4. The fraction of sp³-hybridized carbons (Fsp3) is 0.467. The second-order valence-electron chi connectivity index (χ2n) is 5.37. The zero-order valence-corrected chi connectivity index (χ0v) is 11.3. The molecule has 1 fully saturated rings. The molecule has 100 valence electrons. The van der Waals surface area contributed by atoms with Crippen LogP contribution in [0.5, 0.6) is 0 Å². The summed E-state index contributed by atoms with van der Waals surface area (Å²) < 4.78 is 0. The van der Waals surface area contributed by atoms with E-state index in [0.29, 0.717) is 6.04 Å². The van der Waals surface area contributed by atoms with Gasteiger partial charge < -0.3 is 5.32 Å². The van der Waals surface area contributed by atoms with Crippen LogP contribution in [-0.2, 0) is 6.54 Å². The Morgan fingerprint density at radius 3 is 3.00 bits per heavy atom. The van der Waals surface area contributed by atoms with Crippen molar-refractivity contribution in [3.05, 3.63) is 36.3 Å². The Morgan fingerprint density at radius 2 is 2.32 bits per heavy atom. The number of nitrogens with zero attached hydrogens (tertiary/aromatic N) is 2. The third-order valence-electron chi connectivity index (χ3n) is 4.14. The summed E-state index contributed by atoms with van der Waals surface area (Å²) in [5, 5.41) is 10.9. The van der Waals surface area contributed by atoms with Crippen LogP contribution < -0.4 is 5.32 Å². The van der Waals surface area contributed by atoms with E-state index in [4.69, 9.17) is 0 Å². The van der Waals surface area contributed by atoms with Gasteiger partial charge in [0.2, 0.25) is 0 Å². The zero-order chi connectivity index (χ0) is 13.1. The number of aromatic amines is 1. The highest BCUT2D eigenvalue weighted by molar-refractivity contribution is 5.61. The molecule has 0 amide bonds. The molecule has 0 aromatic carbocycles. The minimum Gasteiger partial charge on any atom is -0.310 e. The van der Waals surface area contributed by atoms with Crippen LogP contribution >= 0.6 is 0 Å². The van der Waals surface area contributed by atoms with Gasteiger partial charge in [-0.2, -0.15) is 5.10 Å². The average molecular weight is 256 g/mol. The van der Waals surface area contributed by atoms with Crippen molar-refractivity contribution in [2.45, 2.75) is 38.8 Å². The number of aromatic nitrogens is 3. The second-order valence-corrected chi connectivity index (χ2v) is 5.37. The van der Waals surface area contributed by atoms with Gasteiger partial charge in [-0.25, -0.2) is 0 Å². The molecule has 0 bridgehead atoms. The molecule has 0 saturated heterocycles. The first-order valence-corrected chi connectivity index (χ1v) is 7.00. The van der Waals surface area contributed by atoms with Crippen LogP contribution in [0.3, 0.4) is 0 Å². The van der Waals surface area contributed by atoms with E-state index in [2.05, 4.69) is 33.5 Å². The molecular weight excluding hydrogens is 236 g/mol. The maximum atomic E-state index is 4.16. The summed E-state index contributed by atoms with van der Waals surface area (Å²) in [6.45, 7) is 3.14. The highest BCUT2D eigenvalue weighted by atomic mass is 15.1. The van der Waals surface area contributed by atoms with Crippen molar-refractivity contribution >= 4 is 0 Å². The van der Waals surface area contributed by atoms with Crippen molar-refractivity contribution in [2.24, 2.45) is 5.92 Å². The third-order valence-corrected chi connectivity index (χ3v) is 4.14. The predicted molar refractivity (Wildman–Crippen MR) is 75.5 cm³/mol. The molecule has 2 N–H and O–H groups in total. The standard InChI is InChI=1S/C15H20N4/c1-11(12-4-2-5-12)17-9-14-10-18-19-15(14)13-6-3-7-16-8-13/h3,6-8,10-12,17H,2,4-5,9H2,1H3,(H,18,19). The summed E-state index contributed by atoms with van der Waals surface area (Å²) in [6.07, 6.45) is 9.69. The van der Waals surface area contributed by atoms with E-state index in [1.54, 1.807) is 6.20 Å². The first kappa shape index (κ1) is 12.4. The van der Waals surface area contributed by atoms with Crippen molar-refractivity contribution in [3.63, 3.8) is 0 Å². The Balaban J connectivity index is 1.67. The van der Waals surface area contributed by atoms with Crippen molar-refractivity contribution in [3.8, 4) is 11.3 Å². The smallest absolute Gasteiger partial charge is 0.0710 e. The lowest BCUT2D eigenvalue weighted by Crippen LogP contribution is -2.36. The molecule has 1 aliphatic rings. The van der Waals surface area contributed by atoms with Gasteiger partial charge in [0.25, 0.3) is 0 Å². The SMILES string of the molecule is CC(NCc1cn[nH]c1-c1cccnc1)C1CCC1. The molecule has 0 spiro atoms. The maximum absolute atomic E-state index is 4.16. The average Bonchev–Trinajstić information content (AvgIpc) is 2.83. The molecule has 2 heterocycles. The normalized spacial score (nSPS) is 17.1. The summed E-state index contributed by atoms with van der Waals surface area (Å²) in [5.74, 6) is 0.855. The molecule has 2 aromatic rings. The van der Waals surface area contributed by atoms with Crippen LogP contribution in [-0.4, -0.2) is 21.2 Å². The van der Waals surface area contributed by atoms with E-state index >= 15 is 0 Å². The fourth-order valence-corrected chi connectivity index (χ4v) is 2.58. The van der Waals surface area contributed by atoms with Gasteiger partial charge >= 0.3 is 0 Å². The van der Waals surface area contributed by atoms with E-state index in [9.17, 15) is 0 Å². The number of pyridine rings is 1. The molecule has 1 aliphatic carbocycles. The first-order chi connectivity index (χ1) is 9.34. The van der Waals surface area contributed by atoms with Crippen LogP contribution in [0.4, 0.5) is 0 Å². The van der Waals surface area contributed by atoms with Gasteiger partial charge in [-0.15, -0.1) is 0 Å². The van der Waals surface area contributed by atoms with E-state index in [1.165, 1.54) is 24.8 Å². The summed E-state index contributed by atoms with van der Waals surface area (Å²) in [4.78, 5) is 4.16. The lowest BCUT2D eigenvalue weighted by atomic mass is 9.80. The molecule has 1 saturated carbocycles. The Labute approximate surface area is 113 Å². The Bertz CT molecular complexity index is 516. The molecule has 1 unspecified atom stereocenters. The summed E-state index contributed by atoms with van der Waals surface area (Å²) in [6, 6.07) is 4.59. The lowest BCUT2D eigenvalue weighted by Gasteiger charge is -2.32. The number of rotatable bonds is 5.